The van der Waals surface area contributed by atoms with Crippen molar-refractivity contribution >= 4 is 28.5 Å². The number of aromatic nitrogens is 1. The van der Waals surface area contributed by atoms with Crippen LogP contribution in [0.3, 0.4) is 0 Å². The van der Waals surface area contributed by atoms with Crippen molar-refractivity contribution in [1.29, 1.82) is 0 Å². The summed E-state index contributed by atoms with van der Waals surface area (Å²) < 4.78 is 13.9. The van der Waals surface area contributed by atoms with Crippen LogP contribution in [0.4, 0.5) is 0 Å². The Kier molecular flexibility index (Phi) is 4.40. The van der Waals surface area contributed by atoms with Crippen molar-refractivity contribution in [1.82, 2.24) is 4.98 Å². The maximum Gasteiger partial charge on any atom is 0.211 e. The second kappa shape index (κ2) is 7.00. The molecule has 0 fully saturated rings. The van der Waals surface area contributed by atoms with Crippen molar-refractivity contribution in [3.05, 3.63) is 103 Å². The molecule has 0 atom stereocenters. The topological polar surface area (TPSA) is 30.0 Å². The summed E-state index contributed by atoms with van der Waals surface area (Å²) in [5.74, 6) is 3.10. The van der Waals surface area contributed by atoms with Gasteiger partial charge in [-0.1, -0.05) is 84.9 Å². The van der Waals surface area contributed by atoms with Gasteiger partial charge >= 0.3 is 0 Å². The molecular formula is C23H16NOP. The first-order valence-corrected chi connectivity index (χ1v) is 10.1. The Morgan fingerprint density at radius 1 is 0.692 bits per heavy atom. The maximum absolute atomic E-state index is 13.9. The highest BCUT2D eigenvalue weighted by molar-refractivity contribution is 7.83. The van der Waals surface area contributed by atoms with Gasteiger partial charge in [-0.15, -0.1) is 0 Å². The molecule has 3 heteroatoms. The second-order valence-corrected chi connectivity index (χ2v) is 8.37. The Labute approximate surface area is 152 Å². The molecule has 0 amide bonds. The van der Waals surface area contributed by atoms with Crippen molar-refractivity contribution in [2.75, 3.05) is 0 Å². The third-order valence-electron chi connectivity index (χ3n) is 4.24. The maximum atomic E-state index is 13.9. The molecule has 0 bridgehead atoms. The lowest BCUT2D eigenvalue weighted by atomic mass is 10.1. The summed E-state index contributed by atoms with van der Waals surface area (Å²) in [4.78, 5) is 4.40. The van der Waals surface area contributed by atoms with Crippen molar-refractivity contribution < 1.29 is 4.57 Å². The molecule has 0 saturated carbocycles. The van der Waals surface area contributed by atoms with E-state index in [0.717, 1.165) is 21.4 Å². The van der Waals surface area contributed by atoms with Crippen LogP contribution in [0.15, 0.2) is 97.2 Å². The number of hydrogen-bond acceptors (Lipinski definition) is 2. The van der Waals surface area contributed by atoms with Crippen molar-refractivity contribution in [3.63, 3.8) is 0 Å². The molecule has 0 saturated heterocycles. The highest BCUT2D eigenvalue weighted by atomic mass is 31.2. The first kappa shape index (κ1) is 16.3. The van der Waals surface area contributed by atoms with E-state index in [2.05, 4.69) is 16.6 Å². The summed E-state index contributed by atoms with van der Waals surface area (Å²) in [6.45, 7) is 0. The molecule has 0 unspecified atom stereocenters. The minimum absolute atomic E-state index is 0.648. The van der Waals surface area contributed by atoms with Gasteiger partial charge in [-0.3, -0.25) is 4.57 Å². The van der Waals surface area contributed by atoms with E-state index < -0.39 is 7.14 Å². The fourth-order valence-corrected chi connectivity index (χ4v) is 4.91. The van der Waals surface area contributed by atoms with Gasteiger partial charge in [0, 0.05) is 22.2 Å². The molecule has 26 heavy (non-hydrogen) atoms. The van der Waals surface area contributed by atoms with Crippen LogP contribution in [0, 0.1) is 11.6 Å². The Balaban J connectivity index is 1.90. The van der Waals surface area contributed by atoms with Crippen LogP contribution in [0.2, 0.25) is 0 Å². The molecule has 4 aromatic rings. The molecule has 0 spiro atoms. The Hall–Kier alpha value is -3.14. The smallest absolute Gasteiger partial charge is 0.211 e. The standard InChI is InChI=1S/C23H16NOP/c25-26(20-10-3-1-4-11-20,21-12-5-2-6-13-21)18-16-23-22-14-8-7-9-19(22)15-17-24-23/h1-15,17H. The number of hydrogen-bond donors (Lipinski definition) is 0. The summed E-state index contributed by atoms with van der Waals surface area (Å²) in [6.07, 6.45) is 1.74. The molecule has 2 nitrogen and oxygen atoms in total. The number of pyridine rings is 1. The van der Waals surface area contributed by atoms with E-state index in [1.54, 1.807) is 6.20 Å². The van der Waals surface area contributed by atoms with Gasteiger partial charge in [0.2, 0.25) is 7.14 Å². The lowest BCUT2D eigenvalue weighted by molar-refractivity contribution is 0.593. The zero-order valence-corrected chi connectivity index (χ0v) is 14.9. The monoisotopic (exact) mass is 353 g/mol. The van der Waals surface area contributed by atoms with E-state index in [-0.39, 0.29) is 0 Å². The van der Waals surface area contributed by atoms with Crippen molar-refractivity contribution in [3.8, 4) is 11.6 Å². The third-order valence-corrected chi connectivity index (χ3v) is 6.72. The molecule has 3 aromatic carbocycles. The average Bonchev–Trinajstić information content (AvgIpc) is 2.73. The lowest BCUT2D eigenvalue weighted by Crippen LogP contribution is -2.14. The summed E-state index contributed by atoms with van der Waals surface area (Å²) in [5, 5.41) is 3.51. The van der Waals surface area contributed by atoms with Crippen LogP contribution < -0.4 is 10.6 Å². The Bertz CT molecular complexity index is 1110. The van der Waals surface area contributed by atoms with E-state index in [0.29, 0.717) is 5.69 Å². The van der Waals surface area contributed by atoms with Crippen molar-refractivity contribution in [2.24, 2.45) is 0 Å². The number of rotatable bonds is 2. The summed E-state index contributed by atoms with van der Waals surface area (Å²) in [7, 11) is -3.07. The lowest BCUT2D eigenvalue weighted by Gasteiger charge is -2.12. The van der Waals surface area contributed by atoms with E-state index in [1.165, 1.54) is 0 Å². The van der Waals surface area contributed by atoms with E-state index in [9.17, 15) is 4.57 Å². The minimum atomic E-state index is -3.07. The van der Waals surface area contributed by atoms with Gasteiger partial charge in [-0.05, 0) is 23.0 Å². The molecule has 4 rings (SSSR count). The zero-order chi connectivity index (χ0) is 17.8. The molecule has 0 radical (unpaired) electrons. The minimum Gasteiger partial charge on any atom is -0.300 e. The summed E-state index contributed by atoms with van der Waals surface area (Å²) in [5.41, 5.74) is 3.73. The molecule has 0 N–H and O–H groups in total. The fraction of sp³-hybridized carbons (Fsp3) is 0. The molecule has 1 heterocycles. The predicted octanol–water partition coefficient (Wildman–Crippen LogP) is 4.56. The first-order valence-electron chi connectivity index (χ1n) is 8.36. The second-order valence-electron chi connectivity index (χ2n) is 5.90. The highest BCUT2D eigenvalue weighted by Crippen LogP contribution is 2.42. The van der Waals surface area contributed by atoms with Gasteiger partial charge in [-0.2, -0.15) is 0 Å². The molecular weight excluding hydrogens is 337 g/mol. The molecule has 0 aliphatic rings. The van der Waals surface area contributed by atoms with Crippen LogP contribution in [0.1, 0.15) is 5.69 Å². The van der Waals surface area contributed by atoms with Gasteiger partial charge in [-0.25, -0.2) is 4.98 Å². The Morgan fingerprint density at radius 2 is 1.27 bits per heavy atom. The predicted molar refractivity (Wildman–Crippen MR) is 108 cm³/mol. The van der Waals surface area contributed by atoms with Gasteiger partial charge in [0.1, 0.15) is 5.69 Å². The van der Waals surface area contributed by atoms with Crippen molar-refractivity contribution in [2.45, 2.75) is 0 Å². The van der Waals surface area contributed by atoms with Gasteiger partial charge in [0.25, 0.3) is 0 Å². The zero-order valence-electron chi connectivity index (χ0n) is 14.0. The van der Waals surface area contributed by atoms with Gasteiger partial charge < -0.3 is 0 Å². The van der Waals surface area contributed by atoms with Crippen LogP contribution in [-0.4, -0.2) is 4.98 Å². The van der Waals surface area contributed by atoms with Crippen LogP contribution in [-0.2, 0) is 4.57 Å². The van der Waals surface area contributed by atoms with Crippen LogP contribution in [0.5, 0.6) is 0 Å². The number of benzene rings is 3. The van der Waals surface area contributed by atoms with E-state index >= 15 is 0 Å². The average molecular weight is 353 g/mol. The number of nitrogens with zero attached hydrogens (tertiary/aromatic N) is 1. The summed E-state index contributed by atoms with van der Waals surface area (Å²) >= 11 is 0. The van der Waals surface area contributed by atoms with E-state index in [4.69, 9.17) is 0 Å². The van der Waals surface area contributed by atoms with Gasteiger partial charge in [0.15, 0.2) is 0 Å². The van der Waals surface area contributed by atoms with Crippen LogP contribution >= 0.6 is 7.14 Å². The summed E-state index contributed by atoms with van der Waals surface area (Å²) in [6, 6.07) is 28.8. The van der Waals surface area contributed by atoms with Crippen LogP contribution in [0.25, 0.3) is 10.8 Å². The van der Waals surface area contributed by atoms with E-state index in [1.807, 2.05) is 91.0 Å². The SMILES string of the molecule is O=P(C#Cc1nccc2ccccc12)(c1ccccc1)c1ccccc1. The molecule has 1 aromatic heterocycles. The molecule has 0 aliphatic heterocycles. The normalized spacial score (nSPS) is 10.9. The largest absolute Gasteiger partial charge is 0.300 e. The Morgan fingerprint density at radius 3 is 1.92 bits per heavy atom. The molecule has 0 aliphatic carbocycles. The molecule has 124 valence electrons. The third kappa shape index (κ3) is 3.06. The quantitative estimate of drug-likeness (QED) is 0.391. The fourth-order valence-electron chi connectivity index (χ4n) is 2.90. The first-order chi connectivity index (χ1) is 12.8. The van der Waals surface area contributed by atoms with Gasteiger partial charge in [0.05, 0.1) is 0 Å². The number of fused-ring (bicyclic) bond motifs is 1. The highest BCUT2D eigenvalue weighted by Gasteiger charge is 2.24.